The number of methoxy groups -OCH3 is 1. The van der Waals surface area contributed by atoms with Crippen LogP contribution in [0.1, 0.15) is 24.0 Å². The molecule has 1 aliphatic carbocycles. The average Bonchev–Trinajstić information content (AvgIpc) is 3.54. The Hall–Kier alpha value is -3.47. The maximum absolute atomic E-state index is 12.5. The van der Waals surface area contributed by atoms with Crippen molar-refractivity contribution in [3.63, 3.8) is 0 Å². The molecule has 1 saturated carbocycles. The third-order valence-electron chi connectivity index (χ3n) is 5.11. The van der Waals surface area contributed by atoms with Crippen molar-refractivity contribution in [3.05, 3.63) is 90.0 Å². The van der Waals surface area contributed by atoms with Gasteiger partial charge in [0.2, 0.25) is 0 Å². The van der Waals surface area contributed by atoms with Crippen molar-refractivity contribution in [1.82, 2.24) is 5.32 Å². The number of urea groups is 1. The predicted molar refractivity (Wildman–Crippen MR) is 113 cm³/mol. The number of hydrogen-bond donors (Lipinski definition) is 2. The highest BCUT2D eigenvalue weighted by atomic mass is 16.5. The van der Waals surface area contributed by atoms with E-state index in [9.17, 15) is 4.79 Å². The molecule has 29 heavy (non-hydrogen) atoms. The van der Waals surface area contributed by atoms with E-state index in [0.29, 0.717) is 6.61 Å². The van der Waals surface area contributed by atoms with Crippen molar-refractivity contribution in [2.24, 2.45) is 0 Å². The Morgan fingerprint density at radius 3 is 2.17 bits per heavy atom. The number of carbonyl (C=O) groups is 1. The molecule has 0 radical (unpaired) electrons. The zero-order valence-corrected chi connectivity index (χ0v) is 16.4. The highest BCUT2D eigenvalue weighted by molar-refractivity contribution is 5.90. The molecule has 0 bridgehead atoms. The molecule has 0 aromatic heterocycles. The van der Waals surface area contributed by atoms with E-state index < -0.39 is 0 Å². The van der Waals surface area contributed by atoms with Crippen molar-refractivity contribution in [1.29, 1.82) is 0 Å². The molecule has 1 fully saturated rings. The fourth-order valence-electron chi connectivity index (χ4n) is 3.28. The van der Waals surface area contributed by atoms with Crippen LogP contribution >= 0.6 is 0 Å². The lowest BCUT2D eigenvalue weighted by Crippen LogP contribution is -2.38. The standard InChI is InChI=1S/C24H24N2O3/c1-28-21-11-7-19(8-12-21)24(15-16-24)26-23(27)25-20-9-13-22(14-10-20)29-17-18-5-3-2-4-6-18/h2-14H,15-17H2,1H3,(H2,25,26,27). The van der Waals surface area contributed by atoms with Gasteiger partial charge in [-0.3, -0.25) is 0 Å². The van der Waals surface area contributed by atoms with Crippen molar-refractivity contribution in [2.75, 3.05) is 12.4 Å². The lowest BCUT2D eigenvalue weighted by molar-refractivity contribution is 0.247. The van der Waals surface area contributed by atoms with Gasteiger partial charge in [0.25, 0.3) is 0 Å². The summed E-state index contributed by atoms with van der Waals surface area (Å²) in [6.07, 6.45) is 1.86. The minimum absolute atomic E-state index is 0.212. The minimum atomic E-state index is -0.283. The predicted octanol–water partition coefficient (Wildman–Crippen LogP) is 5.09. The Bertz CT molecular complexity index is 950. The smallest absolute Gasteiger partial charge is 0.319 e. The summed E-state index contributed by atoms with van der Waals surface area (Å²) in [6, 6.07) is 25.0. The Labute approximate surface area is 170 Å². The lowest BCUT2D eigenvalue weighted by Gasteiger charge is -2.19. The third-order valence-corrected chi connectivity index (χ3v) is 5.11. The summed E-state index contributed by atoms with van der Waals surface area (Å²) < 4.78 is 11.0. The number of carbonyl (C=O) groups excluding carboxylic acids is 1. The van der Waals surface area contributed by atoms with Crippen LogP contribution < -0.4 is 20.1 Å². The van der Waals surface area contributed by atoms with Gasteiger partial charge in [0.1, 0.15) is 18.1 Å². The normalized spacial score (nSPS) is 14.0. The maximum atomic E-state index is 12.5. The molecular weight excluding hydrogens is 364 g/mol. The van der Waals surface area contributed by atoms with Crippen molar-refractivity contribution in [2.45, 2.75) is 25.0 Å². The molecule has 5 heteroatoms. The molecule has 5 nitrogen and oxygen atoms in total. The zero-order valence-electron chi connectivity index (χ0n) is 16.4. The van der Waals surface area contributed by atoms with Gasteiger partial charge in [0.15, 0.2) is 0 Å². The van der Waals surface area contributed by atoms with Gasteiger partial charge >= 0.3 is 6.03 Å². The molecular formula is C24H24N2O3. The SMILES string of the molecule is COc1ccc(C2(NC(=O)Nc3ccc(OCc4ccccc4)cc3)CC2)cc1. The molecule has 3 aromatic rings. The molecule has 3 aromatic carbocycles. The van der Waals surface area contributed by atoms with Crippen LogP contribution in [0.2, 0.25) is 0 Å². The Morgan fingerprint density at radius 2 is 1.55 bits per heavy atom. The second kappa shape index (κ2) is 8.27. The molecule has 0 saturated heterocycles. The largest absolute Gasteiger partial charge is 0.497 e. The van der Waals surface area contributed by atoms with Gasteiger partial charge in [0, 0.05) is 5.69 Å². The van der Waals surface area contributed by atoms with E-state index in [-0.39, 0.29) is 11.6 Å². The fraction of sp³-hybridized carbons (Fsp3) is 0.208. The minimum Gasteiger partial charge on any atom is -0.497 e. The zero-order chi connectivity index (χ0) is 20.1. The van der Waals surface area contributed by atoms with Gasteiger partial charge < -0.3 is 20.1 Å². The van der Waals surface area contributed by atoms with Crippen LogP contribution in [0.25, 0.3) is 0 Å². The van der Waals surface area contributed by atoms with E-state index in [1.54, 1.807) is 7.11 Å². The molecule has 1 aliphatic rings. The molecule has 148 valence electrons. The van der Waals surface area contributed by atoms with Crippen LogP contribution in [0.15, 0.2) is 78.9 Å². The number of rotatable bonds is 7. The average molecular weight is 388 g/mol. The third kappa shape index (κ3) is 4.69. The first kappa shape index (κ1) is 18.9. The quantitative estimate of drug-likeness (QED) is 0.593. The Kier molecular flexibility index (Phi) is 5.38. The first-order valence-electron chi connectivity index (χ1n) is 9.67. The van der Waals surface area contributed by atoms with Crippen LogP contribution in [-0.2, 0) is 12.1 Å². The summed E-state index contributed by atoms with van der Waals surface area (Å²) in [5.74, 6) is 1.57. The van der Waals surface area contributed by atoms with E-state index in [4.69, 9.17) is 9.47 Å². The van der Waals surface area contributed by atoms with Gasteiger partial charge in [0.05, 0.1) is 12.6 Å². The van der Waals surface area contributed by atoms with Crippen molar-refractivity contribution in [3.8, 4) is 11.5 Å². The van der Waals surface area contributed by atoms with Crippen LogP contribution in [0, 0.1) is 0 Å². The molecule has 4 rings (SSSR count). The number of anilines is 1. The summed E-state index contributed by atoms with van der Waals surface area (Å²) in [6.45, 7) is 0.512. The van der Waals surface area contributed by atoms with Crippen molar-refractivity contribution >= 4 is 11.7 Å². The number of hydrogen-bond acceptors (Lipinski definition) is 3. The highest BCUT2D eigenvalue weighted by Gasteiger charge is 2.45. The monoisotopic (exact) mass is 388 g/mol. The molecule has 2 amide bonds. The molecule has 0 spiro atoms. The second-order valence-corrected chi connectivity index (χ2v) is 7.19. The molecule has 0 unspecified atom stereocenters. The fourth-order valence-corrected chi connectivity index (χ4v) is 3.28. The summed E-state index contributed by atoms with van der Waals surface area (Å²) in [7, 11) is 1.64. The first-order valence-corrected chi connectivity index (χ1v) is 9.67. The Morgan fingerprint density at radius 1 is 0.897 bits per heavy atom. The molecule has 0 atom stereocenters. The van der Waals surface area contributed by atoms with Crippen LogP contribution in [0.5, 0.6) is 11.5 Å². The summed E-state index contributed by atoms with van der Waals surface area (Å²) in [4.78, 5) is 12.5. The summed E-state index contributed by atoms with van der Waals surface area (Å²) in [5, 5.41) is 6.01. The van der Waals surface area contributed by atoms with E-state index in [0.717, 1.165) is 41.2 Å². The lowest BCUT2D eigenvalue weighted by atomic mass is 10.1. The molecule has 0 heterocycles. The second-order valence-electron chi connectivity index (χ2n) is 7.19. The van der Waals surface area contributed by atoms with Crippen LogP contribution in [-0.4, -0.2) is 13.1 Å². The van der Waals surface area contributed by atoms with E-state index >= 15 is 0 Å². The molecule has 2 N–H and O–H groups in total. The van der Waals surface area contributed by atoms with Gasteiger partial charge in [-0.05, 0) is 60.4 Å². The molecule has 0 aliphatic heterocycles. The first-order chi connectivity index (χ1) is 14.2. The number of amides is 2. The summed E-state index contributed by atoms with van der Waals surface area (Å²) >= 11 is 0. The Balaban J connectivity index is 1.31. The number of nitrogens with one attached hydrogen (secondary N) is 2. The number of benzene rings is 3. The van der Waals surface area contributed by atoms with Gasteiger partial charge in [-0.1, -0.05) is 42.5 Å². The van der Waals surface area contributed by atoms with Gasteiger partial charge in [-0.15, -0.1) is 0 Å². The van der Waals surface area contributed by atoms with E-state index in [1.165, 1.54) is 0 Å². The van der Waals surface area contributed by atoms with Gasteiger partial charge in [-0.25, -0.2) is 4.79 Å². The van der Waals surface area contributed by atoms with E-state index in [1.807, 2.05) is 78.9 Å². The van der Waals surface area contributed by atoms with Crippen LogP contribution in [0.3, 0.4) is 0 Å². The highest BCUT2D eigenvalue weighted by Crippen LogP contribution is 2.45. The summed E-state index contributed by atoms with van der Waals surface area (Å²) in [5.41, 5.74) is 2.65. The van der Waals surface area contributed by atoms with Crippen LogP contribution in [0.4, 0.5) is 10.5 Å². The number of ether oxygens (including phenoxy) is 2. The van der Waals surface area contributed by atoms with E-state index in [2.05, 4.69) is 10.6 Å². The van der Waals surface area contributed by atoms with Crippen molar-refractivity contribution < 1.29 is 14.3 Å². The van der Waals surface area contributed by atoms with Gasteiger partial charge in [-0.2, -0.15) is 0 Å². The topological polar surface area (TPSA) is 59.6 Å². The maximum Gasteiger partial charge on any atom is 0.319 e.